The van der Waals surface area contributed by atoms with Crippen LogP contribution in [0.2, 0.25) is 0 Å². The minimum Gasteiger partial charge on any atom is -0.494 e. The molecular weight excluding hydrogens is 346 g/mol. The lowest BCUT2D eigenvalue weighted by Gasteiger charge is -2.47. The van der Waals surface area contributed by atoms with Crippen LogP contribution in [0.1, 0.15) is 23.3 Å². The van der Waals surface area contributed by atoms with Crippen LogP contribution >= 0.6 is 0 Å². The zero-order valence-electron chi connectivity index (χ0n) is 15.1. The molecule has 8 heteroatoms. The van der Waals surface area contributed by atoms with Crippen molar-refractivity contribution in [1.82, 2.24) is 19.3 Å². The molecule has 27 heavy (non-hydrogen) atoms. The Labute approximate surface area is 155 Å². The van der Waals surface area contributed by atoms with E-state index < -0.39 is 0 Å². The van der Waals surface area contributed by atoms with Gasteiger partial charge in [-0.1, -0.05) is 6.07 Å². The van der Waals surface area contributed by atoms with E-state index in [1.807, 2.05) is 23.1 Å². The van der Waals surface area contributed by atoms with Crippen LogP contribution in [-0.4, -0.2) is 58.6 Å². The number of piperidine rings is 1. The average molecular weight is 367 g/mol. The van der Waals surface area contributed by atoms with Gasteiger partial charge in [-0.05, 0) is 25.0 Å². The number of hydrogen-bond donors (Lipinski definition) is 1. The first-order chi connectivity index (χ1) is 13.1. The van der Waals surface area contributed by atoms with Gasteiger partial charge in [0.2, 0.25) is 5.95 Å². The van der Waals surface area contributed by atoms with E-state index in [4.69, 9.17) is 15.2 Å². The molecule has 2 aromatic heterocycles. The number of nitrogen functional groups attached to an aromatic ring is 1. The number of hydrogen-bond acceptors (Lipinski definition) is 6. The number of benzene rings is 1. The molecule has 0 aliphatic carbocycles. The standard InChI is InChI=1S/C19H21N5O3/c1-26-14-4-2-3-12-15(14)22-18(20)24-9-13(21-16(12)24)17(25)23-7-5-19(6-8-23)10-27-11-19/h2-4,9H,5-8,10-11H2,1H3,(H2,20,22). The molecule has 2 N–H and O–H groups in total. The van der Waals surface area contributed by atoms with Crippen LogP contribution in [0, 0.1) is 5.41 Å². The van der Waals surface area contributed by atoms with Crippen LogP contribution in [0.5, 0.6) is 5.75 Å². The highest BCUT2D eigenvalue weighted by molar-refractivity contribution is 5.99. The van der Waals surface area contributed by atoms with Crippen molar-refractivity contribution in [1.29, 1.82) is 0 Å². The number of fused-ring (bicyclic) bond motifs is 3. The number of para-hydroxylation sites is 1. The normalized spacial score (nSPS) is 18.8. The third-order valence-corrected chi connectivity index (χ3v) is 5.79. The number of likely N-dealkylation sites (tertiary alicyclic amines) is 1. The average Bonchev–Trinajstić information content (AvgIpc) is 3.12. The number of imidazole rings is 1. The molecule has 2 saturated heterocycles. The van der Waals surface area contributed by atoms with Crippen molar-refractivity contribution in [2.24, 2.45) is 5.41 Å². The molecule has 1 amide bonds. The summed E-state index contributed by atoms with van der Waals surface area (Å²) in [5.41, 5.74) is 8.04. The summed E-state index contributed by atoms with van der Waals surface area (Å²) in [5, 5.41) is 0.798. The van der Waals surface area contributed by atoms with Gasteiger partial charge in [-0.2, -0.15) is 0 Å². The van der Waals surface area contributed by atoms with Crippen LogP contribution in [0.15, 0.2) is 24.4 Å². The second kappa shape index (κ2) is 5.82. The number of nitrogens with two attached hydrogens (primary N) is 1. The summed E-state index contributed by atoms with van der Waals surface area (Å²) in [6.45, 7) is 3.11. The second-order valence-electron chi connectivity index (χ2n) is 7.43. The number of carbonyl (C=O) groups excluding carboxylic acids is 1. The van der Waals surface area contributed by atoms with Crippen molar-refractivity contribution in [3.63, 3.8) is 0 Å². The van der Waals surface area contributed by atoms with Crippen LogP contribution < -0.4 is 10.5 Å². The summed E-state index contributed by atoms with van der Waals surface area (Å²) in [7, 11) is 1.59. The van der Waals surface area contributed by atoms with Gasteiger partial charge in [0.1, 0.15) is 22.6 Å². The van der Waals surface area contributed by atoms with Crippen LogP contribution in [0.3, 0.4) is 0 Å². The maximum atomic E-state index is 13.0. The minimum absolute atomic E-state index is 0.0655. The highest BCUT2D eigenvalue weighted by Gasteiger charge is 2.42. The molecule has 0 atom stereocenters. The third kappa shape index (κ3) is 2.43. The number of nitrogens with zero attached hydrogens (tertiary/aromatic N) is 4. The molecule has 0 saturated carbocycles. The lowest BCUT2D eigenvalue weighted by Crippen LogP contribution is -2.52. The van der Waals surface area contributed by atoms with E-state index in [9.17, 15) is 4.79 Å². The number of methoxy groups -OCH3 is 1. The summed E-state index contributed by atoms with van der Waals surface area (Å²) in [6.07, 6.45) is 3.64. The van der Waals surface area contributed by atoms with E-state index in [0.717, 1.165) is 44.5 Å². The van der Waals surface area contributed by atoms with Gasteiger partial charge in [-0.3, -0.25) is 9.20 Å². The smallest absolute Gasteiger partial charge is 0.274 e. The van der Waals surface area contributed by atoms with Gasteiger partial charge in [0.15, 0.2) is 0 Å². The first-order valence-corrected chi connectivity index (χ1v) is 9.09. The number of anilines is 1. The Balaban J connectivity index is 1.52. The maximum Gasteiger partial charge on any atom is 0.274 e. The molecule has 0 radical (unpaired) electrons. The van der Waals surface area contributed by atoms with Crippen molar-refractivity contribution >= 4 is 28.4 Å². The molecule has 4 heterocycles. The van der Waals surface area contributed by atoms with Crippen molar-refractivity contribution < 1.29 is 14.3 Å². The predicted molar refractivity (Wildman–Crippen MR) is 99.8 cm³/mol. The molecule has 1 spiro atoms. The molecule has 0 bridgehead atoms. The van der Waals surface area contributed by atoms with Crippen molar-refractivity contribution in [2.75, 3.05) is 39.1 Å². The summed E-state index contributed by atoms with van der Waals surface area (Å²) in [5.74, 6) is 0.837. The Morgan fingerprint density at radius 1 is 1.26 bits per heavy atom. The molecule has 2 fully saturated rings. The highest BCUT2D eigenvalue weighted by atomic mass is 16.5. The van der Waals surface area contributed by atoms with Crippen LogP contribution in [0.4, 0.5) is 5.95 Å². The van der Waals surface area contributed by atoms with Crippen molar-refractivity contribution in [3.05, 3.63) is 30.1 Å². The lowest BCUT2D eigenvalue weighted by molar-refractivity contribution is -0.136. The monoisotopic (exact) mass is 367 g/mol. The number of amides is 1. The molecule has 2 aliphatic rings. The molecule has 8 nitrogen and oxygen atoms in total. The first kappa shape index (κ1) is 16.3. The van der Waals surface area contributed by atoms with Gasteiger partial charge < -0.3 is 20.1 Å². The molecule has 1 aromatic carbocycles. The largest absolute Gasteiger partial charge is 0.494 e. The Bertz CT molecular complexity index is 1050. The number of ether oxygens (including phenoxy) is 2. The molecule has 2 aliphatic heterocycles. The fourth-order valence-electron chi connectivity index (χ4n) is 4.02. The predicted octanol–water partition coefficient (Wildman–Crippen LogP) is 1.73. The van der Waals surface area contributed by atoms with Crippen LogP contribution in [-0.2, 0) is 4.74 Å². The number of carbonyl (C=O) groups is 1. The van der Waals surface area contributed by atoms with Crippen molar-refractivity contribution in [3.8, 4) is 5.75 Å². The Morgan fingerprint density at radius 2 is 2.04 bits per heavy atom. The summed E-state index contributed by atoms with van der Waals surface area (Å²) in [4.78, 5) is 23.9. The summed E-state index contributed by atoms with van der Waals surface area (Å²) in [6, 6.07) is 5.61. The Hall–Kier alpha value is -2.87. The zero-order chi connectivity index (χ0) is 18.6. The number of aromatic nitrogens is 3. The molecule has 3 aromatic rings. The molecule has 0 unspecified atom stereocenters. The van der Waals surface area contributed by atoms with Crippen molar-refractivity contribution in [2.45, 2.75) is 12.8 Å². The summed E-state index contributed by atoms with van der Waals surface area (Å²) >= 11 is 0. The topological polar surface area (TPSA) is 95.0 Å². The Kier molecular flexibility index (Phi) is 3.51. The number of rotatable bonds is 2. The summed E-state index contributed by atoms with van der Waals surface area (Å²) < 4.78 is 12.4. The van der Waals surface area contributed by atoms with E-state index in [1.165, 1.54) is 0 Å². The molecule has 5 rings (SSSR count). The van der Waals surface area contributed by atoms with E-state index in [1.54, 1.807) is 17.7 Å². The molecule has 140 valence electrons. The van der Waals surface area contributed by atoms with Gasteiger partial charge in [0.25, 0.3) is 5.91 Å². The van der Waals surface area contributed by atoms with E-state index >= 15 is 0 Å². The minimum atomic E-state index is -0.0655. The highest BCUT2D eigenvalue weighted by Crippen LogP contribution is 2.38. The quantitative estimate of drug-likeness (QED) is 0.741. The van der Waals surface area contributed by atoms with Gasteiger partial charge in [-0.15, -0.1) is 0 Å². The van der Waals surface area contributed by atoms with Gasteiger partial charge in [-0.25, -0.2) is 9.97 Å². The lowest BCUT2D eigenvalue weighted by atomic mass is 9.77. The fourth-order valence-corrected chi connectivity index (χ4v) is 4.02. The SMILES string of the molecule is COc1cccc2c1nc(N)n1cc(C(=O)N3CCC4(CC3)COC4)nc21. The van der Waals surface area contributed by atoms with Gasteiger partial charge in [0.05, 0.1) is 20.3 Å². The molecular formula is C19H21N5O3. The van der Waals surface area contributed by atoms with Gasteiger partial charge >= 0.3 is 0 Å². The van der Waals surface area contributed by atoms with E-state index in [2.05, 4.69) is 9.97 Å². The van der Waals surface area contributed by atoms with Gasteiger partial charge in [0, 0.05) is 30.1 Å². The third-order valence-electron chi connectivity index (χ3n) is 5.79. The van der Waals surface area contributed by atoms with E-state index in [0.29, 0.717) is 22.6 Å². The first-order valence-electron chi connectivity index (χ1n) is 9.09. The second-order valence-corrected chi connectivity index (χ2v) is 7.43. The maximum absolute atomic E-state index is 13.0. The van der Waals surface area contributed by atoms with Crippen LogP contribution in [0.25, 0.3) is 16.6 Å². The zero-order valence-corrected chi connectivity index (χ0v) is 15.1. The Morgan fingerprint density at radius 3 is 2.70 bits per heavy atom. The van der Waals surface area contributed by atoms with E-state index in [-0.39, 0.29) is 17.3 Å². The fraction of sp³-hybridized carbons (Fsp3) is 0.421.